The number of carbonyl (C=O) groups is 4. The van der Waals surface area contributed by atoms with Crippen LogP contribution in [0.2, 0.25) is 0 Å². The summed E-state index contributed by atoms with van der Waals surface area (Å²) < 4.78 is 0. The van der Waals surface area contributed by atoms with E-state index >= 15 is 0 Å². The van der Waals surface area contributed by atoms with E-state index in [1.54, 1.807) is 0 Å². The number of thiazole rings is 1. The molecule has 3 unspecified atom stereocenters. The lowest BCUT2D eigenvalue weighted by atomic mass is 9.89. The summed E-state index contributed by atoms with van der Waals surface area (Å²) in [6.45, 7) is -0.176. The van der Waals surface area contributed by atoms with Gasteiger partial charge in [0.25, 0.3) is 5.91 Å². The molecular weight excluding hydrogens is 681 g/mol. The van der Waals surface area contributed by atoms with Crippen LogP contribution in [0.4, 0.5) is 22.5 Å². The SMILES string of the molecule is Nc1nc(C(=NOC(C(=O)O)c2ccc(O)c(O)c2)C(=O)NC2C(=O)N3CC(CSc4nc(N)c(N)c(N)n4)(C(=O)O)CS[C@H]23)cs1. The molecule has 0 aliphatic carbocycles. The number of phenols is 2. The van der Waals surface area contributed by atoms with E-state index in [1.807, 2.05) is 0 Å². The van der Waals surface area contributed by atoms with Crippen LogP contribution in [0.3, 0.4) is 0 Å². The van der Waals surface area contributed by atoms with E-state index in [9.17, 15) is 39.6 Å². The number of phenolic OH excluding ortho intramolecular Hbond substituents is 2. The Kier molecular flexibility index (Phi) is 9.09. The topological polar surface area (TPSA) is 329 Å². The molecule has 2 amide bonds. The fourth-order valence-electron chi connectivity index (χ4n) is 4.52. The number of carbonyl (C=O) groups excluding carboxylic acids is 2. The number of β-lactam (4-membered cyclic amide) rings is 1. The summed E-state index contributed by atoms with van der Waals surface area (Å²) >= 11 is 3.09. The second-order valence-corrected chi connectivity index (χ2v) is 13.2. The molecular formula is C25H26N10O9S3. The lowest BCUT2D eigenvalue weighted by molar-refractivity contribution is -0.157. The molecule has 5 rings (SSSR count). The minimum atomic E-state index is -1.82. The third-order valence-corrected chi connectivity index (χ3v) is 10.5. The van der Waals surface area contributed by atoms with Gasteiger partial charge in [-0.05, 0) is 12.1 Å². The Bertz CT molecular complexity index is 1780. The summed E-state index contributed by atoms with van der Waals surface area (Å²) in [4.78, 5) is 69.6. The number of fused-ring (bicyclic) bond motifs is 1. The van der Waals surface area contributed by atoms with Gasteiger partial charge in [-0.3, -0.25) is 14.4 Å². The van der Waals surface area contributed by atoms with Gasteiger partial charge in [0.15, 0.2) is 39.1 Å². The number of nitrogens with zero attached hydrogens (tertiary/aromatic N) is 5. The van der Waals surface area contributed by atoms with Gasteiger partial charge in [0.1, 0.15) is 28.2 Å². The predicted octanol–water partition coefficient (Wildman–Crippen LogP) is -0.517. The Balaban J connectivity index is 1.30. The molecule has 19 nitrogen and oxygen atoms in total. The number of hydrogen-bond acceptors (Lipinski definition) is 18. The van der Waals surface area contributed by atoms with Crippen LogP contribution < -0.4 is 28.3 Å². The number of nitrogens with two attached hydrogens (primary N) is 4. The smallest absolute Gasteiger partial charge is 0.352 e. The predicted molar refractivity (Wildman–Crippen MR) is 170 cm³/mol. The molecule has 0 bridgehead atoms. The Hall–Kier alpha value is -5.22. The average molecular weight is 707 g/mol. The van der Waals surface area contributed by atoms with Crippen molar-refractivity contribution in [2.45, 2.75) is 22.7 Å². The van der Waals surface area contributed by atoms with Gasteiger partial charge in [0.2, 0.25) is 12.0 Å². The number of aromatic nitrogens is 3. The molecule has 2 aromatic heterocycles. The number of rotatable bonds is 11. The van der Waals surface area contributed by atoms with Crippen molar-refractivity contribution < 1.29 is 44.4 Å². The van der Waals surface area contributed by atoms with Crippen molar-refractivity contribution in [1.29, 1.82) is 0 Å². The molecule has 0 radical (unpaired) electrons. The summed E-state index contributed by atoms with van der Waals surface area (Å²) in [5.74, 6) is -5.39. The number of aliphatic carboxylic acids is 2. The Morgan fingerprint density at radius 2 is 1.83 bits per heavy atom. The fraction of sp³-hybridized carbons (Fsp3) is 0.280. The van der Waals surface area contributed by atoms with Crippen LogP contribution in [-0.2, 0) is 24.0 Å². The number of thioether (sulfide) groups is 2. The highest BCUT2D eigenvalue weighted by atomic mass is 32.2. The van der Waals surface area contributed by atoms with Crippen molar-refractivity contribution in [3.63, 3.8) is 0 Å². The third-order valence-electron chi connectivity index (χ3n) is 7.10. The summed E-state index contributed by atoms with van der Waals surface area (Å²) in [7, 11) is 0. The standard InChI is InChI=1S/C25H26N10O9S3/c26-12-16(27)32-24(33-17(12)28)47-7-25(22(42)43)5-35-19(39)14(20(35)46-6-25)31-18(38)13(9-4-45-23(29)30-9)34-44-15(21(40)41)8-1-2-10(36)11(37)3-8/h1-4,14-15,20,36-37H,5-7,26H2,(H2,29,30)(H,31,38)(H,40,41)(H,42,43)(H4,27,28,32,33)/t14?,15?,20-,25?/m1/s1. The van der Waals surface area contributed by atoms with Crippen molar-refractivity contribution in [2.24, 2.45) is 10.6 Å². The lowest BCUT2D eigenvalue weighted by Gasteiger charge is -2.53. The number of aromatic hydroxyl groups is 2. The molecule has 0 spiro atoms. The normalized spacial score (nSPS) is 21.3. The number of nitrogens with one attached hydrogen (secondary N) is 1. The summed E-state index contributed by atoms with van der Waals surface area (Å²) in [6, 6.07) is 2.09. The average Bonchev–Trinajstić information content (AvgIpc) is 3.46. The van der Waals surface area contributed by atoms with Gasteiger partial charge in [-0.2, -0.15) is 0 Å². The highest BCUT2D eigenvalue weighted by Crippen LogP contribution is 2.44. The van der Waals surface area contributed by atoms with Crippen molar-refractivity contribution in [1.82, 2.24) is 25.2 Å². The molecule has 2 aliphatic rings. The minimum absolute atomic E-state index is 0.00923. The molecule has 3 aromatic rings. The molecule has 47 heavy (non-hydrogen) atoms. The van der Waals surface area contributed by atoms with Crippen LogP contribution in [0, 0.1) is 5.41 Å². The quantitative estimate of drug-likeness (QED) is 0.0302. The summed E-state index contributed by atoms with van der Waals surface area (Å²) in [6.07, 6.45) is -1.82. The first-order valence-electron chi connectivity index (χ1n) is 13.2. The van der Waals surface area contributed by atoms with Crippen LogP contribution >= 0.6 is 34.9 Å². The maximum absolute atomic E-state index is 13.4. The van der Waals surface area contributed by atoms with E-state index in [1.165, 1.54) is 16.3 Å². The molecule has 4 atom stereocenters. The van der Waals surface area contributed by atoms with E-state index in [0.717, 1.165) is 47.0 Å². The molecule has 2 aliphatic heterocycles. The third kappa shape index (κ3) is 6.55. The number of carboxylic acid groups (broad SMARTS) is 2. The van der Waals surface area contributed by atoms with E-state index in [0.29, 0.717) is 0 Å². The number of nitrogen functional groups attached to an aromatic ring is 4. The highest BCUT2D eigenvalue weighted by molar-refractivity contribution is 8.00. The van der Waals surface area contributed by atoms with Gasteiger partial charge in [0.05, 0.1) is 0 Å². The number of benzene rings is 1. The van der Waals surface area contributed by atoms with Crippen molar-refractivity contribution in [3.8, 4) is 11.5 Å². The molecule has 1 aromatic carbocycles. The Morgan fingerprint density at radius 3 is 2.43 bits per heavy atom. The summed E-state index contributed by atoms with van der Waals surface area (Å²) in [5.41, 5.74) is 20.8. The van der Waals surface area contributed by atoms with Gasteiger partial charge >= 0.3 is 11.9 Å². The molecule has 0 saturated carbocycles. The molecule has 22 heteroatoms. The number of oxime groups is 1. The maximum atomic E-state index is 13.4. The van der Waals surface area contributed by atoms with Crippen LogP contribution in [0.15, 0.2) is 33.9 Å². The van der Waals surface area contributed by atoms with Gasteiger partial charge in [-0.1, -0.05) is 23.0 Å². The van der Waals surface area contributed by atoms with Crippen molar-refractivity contribution >= 4 is 86.8 Å². The van der Waals surface area contributed by atoms with Gasteiger partial charge in [0, 0.05) is 29.0 Å². The van der Waals surface area contributed by atoms with Crippen LogP contribution in [0.1, 0.15) is 17.4 Å². The maximum Gasteiger partial charge on any atom is 0.352 e. The first-order valence-corrected chi connectivity index (χ1v) is 16.1. The molecule has 2 saturated heterocycles. The zero-order valence-electron chi connectivity index (χ0n) is 23.8. The lowest BCUT2D eigenvalue weighted by Crippen LogP contribution is -2.74. The molecule has 4 heterocycles. The number of anilines is 4. The van der Waals surface area contributed by atoms with E-state index in [-0.39, 0.29) is 56.9 Å². The van der Waals surface area contributed by atoms with E-state index in [4.69, 9.17) is 27.8 Å². The first-order chi connectivity index (χ1) is 22.2. The molecule has 2 fully saturated rings. The second kappa shape index (κ2) is 12.9. The van der Waals surface area contributed by atoms with Gasteiger partial charge in [-0.15, -0.1) is 23.1 Å². The molecule has 248 valence electrons. The summed E-state index contributed by atoms with van der Waals surface area (Å²) in [5, 5.41) is 46.4. The van der Waals surface area contributed by atoms with Gasteiger partial charge in [-0.25, -0.2) is 19.7 Å². The Morgan fingerprint density at radius 1 is 1.13 bits per heavy atom. The van der Waals surface area contributed by atoms with Crippen molar-refractivity contribution in [3.05, 3.63) is 34.8 Å². The van der Waals surface area contributed by atoms with Crippen LogP contribution in [-0.4, -0.2) is 99.2 Å². The fourth-order valence-corrected chi connectivity index (χ4v) is 7.79. The van der Waals surface area contributed by atoms with Crippen molar-refractivity contribution in [2.75, 3.05) is 41.0 Å². The monoisotopic (exact) mass is 706 g/mol. The number of hydrogen-bond donors (Lipinski definition) is 9. The second-order valence-electron chi connectivity index (χ2n) is 10.3. The Labute approximate surface area is 276 Å². The number of amides is 2. The minimum Gasteiger partial charge on any atom is -0.504 e. The highest BCUT2D eigenvalue weighted by Gasteiger charge is 2.57. The van der Waals surface area contributed by atoms with E-state index < -0.39 is 63.9 Å². The van der Waals surface area contributed by atoms with Crippen LogP contribution in [0.5, 0.6) is 11.5 Å². The van der Waals surface area contributed by atoms with Crippen LogP contribution in [0.25, 0.3) is 0 Å². The first kappa shape index (κ1) is 33.2. The largest absolute Gasteiger partial charge is 0.504 e. The van der Waals surface area contributed by atoms with E-state index in [2.05, 4.69) is 25.4 Å². The number of carboxylic acids is 2. The zero-order valence-corrected chi connectivity index (χ0v) is 26.2. The van der Waals surface area contributed by atoms with Gasteiger partial charge < -0.3 is 58.4 Å². The zero-order chi connectivity index (χ0) is 34.2. The molecule has 13 N–H and O–H groups in total.